The van der Waals surface area contributed by atoms with Crippen LogP contribution in [0.4, 0.5) is 0 Å². The molecule has 1 aromatic carbocycles. The number of amides is 1. The highest BCUT2D eigenvalue weighted by molar-refractivity contribution is 5.92. The summed E-state index contributed by atoms with van der Waals surface area (Å²) in [6, 6.07) is 9.67. The minimum Gasteiger partial charge on any atom is -0.351 e. The number of benzene rings is 1. The molecule has 0 saturated carbocycles. The molecule has 5 nitrogen and oxygen atoms in total. The van der Waals surface area contributed by atoms with Crippen molar-refractivity contribution in [2.24, 2.45) is 5.73 Å². The fourth-order valence-corrected chi connectivity index (χ4v) is 1.82. The molecule has 21 heavy (non-hydrogen) atoms. The van der Waals surface area contributed by atoms with E-state index in [9.17, 15) is 4.79 Å². The largest absolute Gasteiger partial charge is 0.351 e. The minimum absolute atomic E-state index is 0. The molecule has 0 aliphatic rings. The Labute approximate surface area is 136 Å². The lowest BCUT2D eigenvalue weighted by atomic mass is 10.3. The van der Waals surface area contributed by atoms with Crippen molar-refractivity contribution in [1.82, 2.24) is 14.9 Å². The van der Waals surface area contributed by atoms with E-state index in [0.717, 1.165) is 18.5 Å². The van der Waals surface area contributed by atoms with E-state index >= 15 is 0 Å². The summed E-state index contributed by atoms with van der Waals surface area (Å²) in [5.41, 5.74) is 6.88. The highest BCUT2D eigenvalue weighted by Crippen LogP contribution is 2.10. The summed E-state index contributed by atoms with van der Waals surface area (Å²) >= 11 is 0. The van der Waals surface area contributed by atoms with Gasteiger partial charge in [0.15, 0.2) is 0 Å². The van der Waals surface area contributed by atoms with Crippen molar-refractivity contribution in [2.75, 3.05) is 13.1 Å². The maximum atomic E-state index is 12.1. The van der Waals surface area contributed by atoms with Crippen LogP contribution in [0, 0.1) is 0 Å². The van der Waals surface area contributed by atoms with Crippen LogP contribution in [0.5, 0.6) is 0 Å². The standard InChI is InChI=1S/C14H18N4O.2ClH/c15-8-4-5-9-17-14(19)13-10-16-11-18(13)12-6-2-1-3-7-12;;/h1-3,6-7,10-11H,4-5,8-9,15H2,(H,17,19);2*1H. The Balaban J connectivity index is 0.00000200. The predicted octanol–water partition coefficient (Wildman–Crippen LogP) is 2.18. The molecule has 2 rings (SSSR count). The number of para-hydroxylation sites is 1. The van der Waals surface area contributed by atoms with E-state index < -0.39 is 0 Å². The monoisotopic (exact) mass is 330 g/mol. The zero-order chi connectivity index (χ0) is 13.5. The van der Waals surface area contributed by atoms with Gasteiger partial charge in [0.2, 0.25) is 0 Å². The van der Waals surface area contributed by atoms with Gasteiger partial charge in [-0.25, -0.2) is 4.98 Å². The molecule has 0 saturated heterocycles. The van der Waals surface area contributed by atoms with Crippen LogP contribution < -0.4 is 11.1 Å². The first kappa shape index (κ1) is 19.4. The Morgan fingerprint density at radius 1 is 1.19 bits per heavy atom. The number of halogens is 2. The van der Waals surface area contributed by atoms with Gasteiger partial charge in [0.05, 0.1) is 12.5 Å². The van der Waals surface area contributed by atoms with Crippen LogP contribution in [-0.4, -0.2) is 28.5 Å². The van der Waals surface area contributed by atoms with Gasteiger partial charge in [-0.2, -0.15) is 0 Å². The molecular formula is C14H20Cl2N4O. The number of nitrogens with one attached hydrogen (secondary N) is 1. The number of hydrogen-bond donors (Lipinski definition) is 2. The first-order valence-electron chi connectivity index (χ1n) is 6.39. The lowest BCUT2D eigenvalue weighted by Gasteiger charge is -2.08. The Hall–Kier alpha value is -1.56. The highest BCUT2D eigenvalue weighted by Gasteiger charge is 2.11. The lowest BCUT2D eigenvalue weighted by molar-refractivity contribution is 0.0946. The molecule has 7 heteroatoms. The number of carbonyl (C=O) groups is 1. The Morgan fingerprint density at radius 3 is 2.57 bits per heavy atom. The van der Waals surface area contributed by atoms with Crippen LogP contribution in [-0.2, 0) is 0 Å². The third-order valence-electron chi connectivity index (χ3n) is 2.82. The fourth-order valence-electron chi connectivity index (χ4n) is 1.82. The first-order valence-corrected chi connectivity index (χ1v) is 6.39. The third-order valence-corrected chi connectivity index (χ3v) is 2.82. The van der Waals surface area contributed by atoms with Crippen molar-refractivity contribution < 1.29 is 4.79 Å². The van der Waals surface area contributed by atoms with Crippen molar-refractivity contribution in [3.05, 3.63) is 48.5 Å². The summed E-state index contributed by atoms with van der Waals surface area (Å²) in [4.78, 5) is 16.1. The molecule has 0 aliphatic carbocycles. The van der Waals surface area contributed by atoms with E-state index in [0.29, 0.717) is 18.8 Å². The van der Waals surface area contributed by atoms with Crippen molar-refractivity contribution in [2.45, 2.75) is 12.8 Å². The second-order valence-electron chi connectivity index (χ2n) is 4.24. The van der Waals surface area contributed by atoms with Gasteiger partial charge in [-0.05, 0) is 31.5 Å². The number of aromatic nitrogens is 2. The second kappa shape index (κ2) is 10.2. The van der Waals surface area contributed by atoms with Crippen molar-refractivity contribution in [3.8, 4) is 5.69 Å². The number of carbonyl (C=O) groups excluding carboxylic acids is 1. The number of rotatable bonds is 6. The maximum Gasteiger partial charge on any atom is 0.269 e. The quantitative estimate of drug-likeness (QED) is 0.797. The molecule has 0 atom stereocenters. The van der Waals surface area contributed by atoms with Crippen molar-refractivity contribution >= 4 is 30.7 Å². The van der Waals surface area contributed by atoms with Crippen LogP contribution in [0.1, 0.15) is 23.3 Å². The second-order valence-corrected chi connectivity index (χ2v) is 4.24. The van der Waals surface area contributed by atoms with Crippen LogP contribution in [0.2, 0.25) is 0 Å². The molecular weight excluding hydrogens is 311 g/mol. The minimum atomic E-state index is -0.113. The van der Waals surface area contributed by atoms with E-state index in [2.05, 4.69) is 10.3 Å². The van der Waals surface area contributed by atoms with Crippen LogP contribution in [0.25, 0.3) is 5.69 Å². The summed E-state index contributed by atoms with van der Waals surface area (Å²) in [5.74, 6) is -0.113. The van der Waals surface area contributed by atoms with Gasteiger partial charge in [-0.15, -0.1) is 24.8 Å². The van der Waals surface area contributed by atoms with E-state index in [1.54, 1.807) is 17.1 Å². The van der Waals surface area contributed by atoms with Gasteiger partial charge in [-0.3, -0.25) is 9.36 Å². The smallest absolute Gasteiger partial charge is 0.269 e. The molecule has 116 valence electrons. The molecule has 1 amide bonds. The van der Waals surface area contributed by atoms with E-state index in [4.69, 9.17) is 5.73 Å². The summed E-state index contributed by atoms with van der Waals surface area (Å²) in [5, 5.41) is 2.87. The maximum absolute atomic E-state index is 12.1. The number of imidazole rings is 1. The molecule has 0 aliphatic heterocycles. The van der Waals surface area contributed by atoms with Gasteiger partial charge in [0.1, 0.15) is 5.69 Å². The molecule has 0 bridgehead atoms. The molecule has 0 fully saturated rings. The summed E-state index contributed by atoms with van der Waals surface area (Å²) in [6.45, 7) is 1.29. The zero-order valence-corrected chi connectivity index (χ0v) is 13.2. The van der Waals surface area contributed by atoms with E-state index in [1.165, 1.54) is 0 Å². The van der Waals surface area contributed by atoms with Crippen LogP contribution in [0.3, 0.4) is 0 Å². The number of nitrogens with zero attached hydrogens (tertiary/aromatic N) is 2. The predicted molar refractivity (Wildman–Crippen MR) is 88.7 cm³/mol. The molecule has 1 aromatic heterocycles. The topological polar surface area (TPSA) is 72.9 Å². The Kier molecular flexibility index (Phi) is 9.45. The lowest BCUT2D eigenvalue weighted by Crippen LogP contribution is -2.26. The number of hydrogen-bond acceptors (Lipinski definition) is 3. The van der Waals surface area contributed by atoms with E-state index in [1.807, 2.05) is 30.3 Å². The van der Waals surface area contributed by atoms with Gasteiger partial charge in [-0.1, -0.05) is 18.2 Å². The summed E-state index contributed by atoms with van der Waals surface area (Å²) in [7, 11) is 0. The zero-order valence-electron chi connectivity index (χ0n) is 11.6. The van der Waals surface area contributed by atoms with Gasteiger partial charge in [0.25, 0.3) is 5.91 Å². The normalized spacial score (nSPS) is 9.38. The fraction of sp³-hybridized carbons (Fsp3) is 0.286. The summed E-state index contributed by atoms with van der Waals surface area (Å²) in [6.07, 6.45) is 5.02. The Bertz CT molecular complexity index is 531. The highest BCUT2D eigenvalue weighted by atomic mass is 35.5. The van der Waals surface area contributed by atoms with Crippen LogP contribution in [0.15, 0.2) is 42.9 Å². The molecule has 0 radical (unpaired) electrons. The van der Waals surface area contributed by atoms with Crippen molar-refractivity contribution in [3.63, 3.8) is 0 Å². The van der Waals surface area contributed by atoms with Gasteiger partial charge in [0, 0.05) is 12.2 Å². The third kappa shape index (κ3) is 5.38. The molecule has 2 aromatic rings. The van der Waals surface area contributed by atoms with Gasteiger partial charge >= 0.3 is 0 Å². The Morgan fingerprint density at radius 2 is 1.90 bits per heavy atom. The molecule has 1 heterocycles. The van der Waals surface area contributed by atoms with E-state index in [-0.39, 0.29) is 30.7 Å². The van der Waals surface area contributed by atoms with Gasteiger partial charge < -0.3 is 11.1 Å². The van der Waals surface area contributed by atoms with Crippen molar-refractivity contribution in [1.29, 1.82) is 0 Å². The molecule has 0 spiro atoms. The number of unbranched alkanes of at least 4 members (excludes halogenated alkanes) is 1. The molecule has 0 unspecified atom stereocenters. The van der Waals surface area contributed by atoms with Crippen LogP contribution >= 0.6 is 24.8 Å². The summed E-state index contributed by atoms with van der Waals surface area (Å²) < 4.78 is 1.78. The number of nitrogens with two attached hydrogens (primary N) is 1. The average molecular weight is 331 g/mol. The first-order chi connectivity index (χ1) is 9.33. The molecule has 3 N–H and O–H groups in total. The SMILES string of the molecule is Cl.Cl.NCCCCNC(=O)c1cncn1-c1ccccc1. The average Bonchev–Trinajstić information content (AvgIpc) is 2.94.